The van der Waals surface area contributed by atoms with Gasteiger partial charge in [0.15, 0.2) is 0 Å². The van der Waals surface area contributed by atoms with Gasteiger partial charge in [-0.1, -0.05) is 44.2 Å². The summed E-state index contributed by atoms with van der Waals surface area (Å²) in [4.78, 5) is 12.5. The molecule has 0 saturated heterocycles. The Morgan fingerprint density at radius 3 is 2.59 bits per heavy atom. The molecule has 1 heterocycles. The molecular weight excluding hydrogens is 294 g/mol. The van der Waals surface area contributed by atoms with Gasteiger partial charge in [-0.25, -0.2) is 0 Å². The van der Waals surface area contributed by atoms with Crippen molar-refractivity contribution in [3.8, 4) is 11.1 Å². The smallest absolute Gasteiger partial charge is 0.307 e. The predicted octanol–water partition coefficient (Wildman–Crippen LogP) is 4.25. The van der Waals surface area contributed by atoms with Gasteiger partial charge in [0.1, 0.15) is 0 Å². The van der Waals surface area contributed by atoms with Gasteiger partial charge in [0.2, 0.25) is 0 Å². The number of carboxylic acid groups (broad SMARTS) is 1. The maximum Gasteiger partial charge on any atom is 0.307 e. The van der Waals surface area contributed by atoms with Crippen LogP contribution in [0.5, 0.6) is 0 Å². The average Bonchev–Trinajstić information content (AvgIpc) is 2.95. The number of thiophene rings is 1. The van der Waals surface area contributed by atoms with Crippen LogP contribution in [0.25, 0.3) is 11.1 Å². The Hall–Kier alpha value is -1.65. The van der Waals surface area contributed by atoms with E-state index in [-0.39, 0.29) is 5.92 Å². The van der Waals surface area contributed by atoms with E-state index >= 15 is 0 Å². The van der Waals surface area contributed by atoms with E-state index in [1.54, 1.807) is 11.3 Å². The van der Waals surface area contributed by atoms with E-state index in [1.165, 1.54) is 16.0 Å². The Morgan fingerprint density at radius 1 is 1.23 bits per heavy atom. The molecule has 0 saturated carbocycles. The number of benzene rings is 1. The van der Waals surface area contributed by atoms with Gasteiger partial charge in [-0.3, -0.25) is 4.79 Å². The summed E-state index contributed by atoms with van der Waals surface area (Å²) in [6.07, 6.45) is 0.710. The fourth-order valence-corrected chi connectivity index (χ4v) is 3.33. The first kappa shape index (κ1) is 16.7. The van der Waals surface area contributed by atoms with Crippen LogP contribution >= 0.6 is 11.3 Å². The lowest BCUT2D eigenvalue weighted by atomic mass is 9.97. The van der Waals surface area contributed by atoms with Crippen LogP contribution in [0.2, 0.25) is 0 Å². The second kappa shape index (κ2) is 8.11. The maximum atomic E-state index is 11.2. The van der Waals surface area contributed by atoms with Crippen LogP contribution < -0.4 is 5.32 Å². The third-order valence-electron chi connectivity index (χ3n) is 3.56. The zero-order chi connectivity index (χ0) is 15.9. The Kier molecular flexibility index (Phi) is 6.16. The summed E-state index contributed by atoms with van der Waals surface area (Å²) in [6.45, 7) is 5.36. The summed E-state index contributed by atoms with van der Waals surface area (Å²) in [6, 6.07) is 12.5. The molecule has 1 aromatic heterocycles. The molecule has 2 rings (SSSR count). The molecule has 2 aromatic rings. The van der Waals surface area contributed by atoms with Gasteiger partial charge in [0.25, 0.3) is 0 Å². The number of carbonyl (C=O) groups is 1. The highest BCUT2D eigenvalue weighted by Crippen LogP contribution is 2.25. The summed E-state index contributed by atoms with van der Waals surface area (Å²) >= 11 is 1.71. The maximum absolute atomic E-state index is 11.2. The molecule has 1 atom stereocenters. The Bertz CT molecular complexity index is 592. The fraction of sp³-hybridized carbons (Fsp3) is 0.389. The van der Waals surface area contributed by atoms with Gasteiger partial charge in [0.05, 0.1) is 5.92 Å². The summed E-state index contributed by atoms with van der Waals surface area (Å²) in [7, 11) is 0. The van der Waals surface area contributed by atoms with Crippen LogP contribution in [0.3, 0.4) is 0 Å². The summed E-state index contributed by atoms with van der Waals surface area (Å²) in [5.74, 6) is -0.625. The lowest BCUT2D eigenvalue weighted by molar-refractivity contribution is -0.142. The highest BCUT2D eigenvalue weighted by molar-refractivity contribution is 7.10. The lowest BCUT2D eigenvalue weighted by Crippen LogP contribution is -2.29. The number of rotatable bonds is 8. The molecule has 0 fully saturated rings. The Labute approximate surface area is 136 Å². The molecule has 1 unspecified atom stereocenters. The summed E-state index contributed by atoms with van der Waals surface area (Å²) < 4.78 is 0. The first-order chi connectivity index (χ1) is 10.6. The van der Waals surface area contributed by atoms with Crippen LogP contribution in [-0.4, -0.2) is 17.6 Å². The molecule has 118 valence electrons. The molecule has 4 heteroatoms. The normalized spacial score (nSPS) is 12.5. The van der Waals surface area contributed by atoms with Crippen LogP contribution in [0.1, 0.15) is 25.1 Å². The highest BCUT2D eigenvalue weighted by Gasteiger charge is 2.18. The standard InChI is InChI=1S/C18H23NO2S/c1-13(2)8-15(18(20)21)10-19-11-17-9-16(12-22-17)14-6-4-3-5-7-14/h3-7,9,12-13,15,19H,8,10-11H2,1-2H3,(H,20,21). The molecule has 2 N–H and O–H groups in total. The molecule has 0 amide bonds. The average molecular weight is 317 g/mol. The van der Waals surface area contributed by atoms with Crippen molar-refractivity contribution in [2.45, 2.75) is 26.8 Å². The number of aliphatic carboxylic acids is 1. The molecule has 3 nitrogen and oxygen atoms in total. The molecule has 0 radical (unpaired) electrons. The minimum Gasteiger partial charge on any atom is -0.481 e. The first-order valence-corrected chi connectivity index (χ1v) is 8.50. The number of carboxylic acids is 1. The number of nitrogens with one attached hydrogen (secondary N) is 1. The minimum atomic E-state index is -0.711. The zero-order valence-corrected chi connectivity index (χ0v) is 13.9. The quantitative estimate of drug-likeness (QED) is 0.765. The van der Waals surface area contributed by atoms with Crippen molar-refractivity contribution in [3.05, 3.63) is 46.7 Å². The van der Waals surface area contributed by atoms with Gasteiger partial charge >= 0.3 is 5.97 Å². The fourth-order valence-electron chi connectivity index (χ4n) is 2.47. The van der Waals surface area contributed by atoms with Gasteiger partial charge in [-0.05, 0) is 34.9 Å². The largest absolute Gasteiger partial charge is 0.481 e. The van der Waals surface area contributed by atoms with E-state index in [0.29, 0.717) is 18.9 Å². The minimum absolute atomic E-state index is 0.312. The molecule has 0 aliphatic rings. The SMILES string of the molecule is CC(C)CC(CNCc1cc(-c2ccccc2)cs1)C(=O)O. The highest BCUT2D eigenvalue weighted by atomic mass is 32.1. The van der Waals surface area contributed by atoms with E-state index in [0.717, 1.165) is 6.54 Å². The van der Waals surface area contributed by atoms with Crippen molar-refractivity contribution in [1.29, 1.82) is 0 Å². The van der Waals surface area contributed by atoms with Crippen molar-refractivity contribution in [3.63, 3.8) is 0 Å². The third kappa shape index (κ3) is 4.97. The number of hydrogen-bond acceptors (Lipinski definition) is 3. The monoisotopic (exact) mass is 317 g/mol. The molecule has 0 spiro atoms. The van der Waals surface area contributed by atoms with Crippen LogP contribution in [0.4, 0.5) is 0 Å². The second-order valence-corrected chi connectivity index (χ2v) is 6.96. The molecule has 1 aromatic carbocycles. The summed E-state index contributed by atoms with van der Waals surface area (Å²) in [5, 5.41) is 14.7. The van der Waals surface area contributed by atoms with Crippen molar-refractivity contribution < 1.29 is 9.90 Å². The van der Waals surface area contributed by atoms with E-state index < -0.39 is 5.97 Å². The molecule has 0 aliphatic heterocycles. The second-order valence-electron chi connectivity index (χ2n) is 5.96. The van der Waals surface area contributed by atoms with E-state index in [1.807, 2.05) is 18.2 Å². The van der Waals surface area contributed by atoms with Crippen LogP contribution in [-0.2, 0) is 11.3 Å². The van der Waals surface area contributed by atoms with Crippen molar-refractivity contribution >= 4 is 17.3 Å². The van der Waals surface area contributed by atoms with Crippen molar-refractivity contribution in [2.24, 2.45) is 11.8 Å². The van der Waals surface area contributed by atoms with Gasteiger partial charge in [-0.2, -0.15) is 0 Å². The van der Waals surface area contributed by atoms with Crippen molar-refractivity contribution in [2.75, 3.05) is 6.54 Å². The first-order valence-electron chi connectivity index (χ1n) is 7.62. The summed E-state index contributed by atoms with van der Waals surface area (Å²) in [5.41, 5.74) is 2.44. The van der Waals surface area contributed by atoms with E-state index in [2.05, 4.69) is 42.7 Å². The van der Waals surface area contributed by atoms with Gasteiger partial charge in [0, 0.05) is 18.0 Å². The predicted molar refractivity (Wildman–Crippen MR) is 92.0 cm³/mol. The van der Waals surface area contributed by atoms with Crippen LogP contribution in [0, 0.1) is 11.8 Å². The third-order valence-corrected chi connectivity index (χ3v) is 4.49. The Balaban J connectivity index is 1.87. The van der Waals surface area contributed by atoms with E-state index in [9.17, 15) is 9.90 Å². The molecular formula is C18H23NO2S. The lowest BCUT2D eigenvalue weighted by Gasteiger charge is -2.15. The molecule has 0 aliphatic carbocycles. The molecule has 0 bridgehead atoms. The Morgan fingerprint density at radius 2 is 1.95 bits per heavy atom. The number of hydrogen-bond donors (Lipinski definition) is 2. The van der Waals surface area contributed by atoms with Crippen LogP contribution in [0.15, 0.2) is 41.8 Å². The van der Waals surface area contributed by atoms with Gasteiger partial charge < -0.3 is 10.4 Å². The topological polar surface area (TPSA) is 49.3 Å². The van der Waals surface area contributed by atoms with E-state index in [4.69, 9.17) is 0 Å². The zero-order valence-electron chi connectivity index (χ0n) is 13.1. The van der Waals surface area contributed by atoms with Crippen molar-refractivity contribution in [1.82, 2.24) is 5.32 Å². The van der Waals surface area contributed by atoms with Gasteiger partial charge in [-0.15, -0.1) is 11.3 Å². The molecule has 22 heavy (non-hydrogen) atoms.